The van der Waals surface area contributed by atoms with Gasteiger partial charge in [0.25, 0.3) is 5.56 Å². The van der Waals surface area contributed by atoms with Gasteiger partial charge >= 0.3 is 29.2 Å². The number of aromatic amines is 1. The van der Waals surface area contributed by atoms with Crippen molar-refractivity contribution in [3.05, 3.63) is 32.6 Å². The van der Waals surface area contributed by atoms with Crippen LogP contribution in [0, 0.1) is 0 Å². The standard InChI is InChI=1S/C17H29N2O15P3/c20-13-12(9-31-36(27,28)34-37(29,30)33-35(24,25)26)32-15(14(13)21)11-8-19(17(23)18-16(11)22)10-6-4-2-1-3-5-7-10/h8,10,12-15,20-21H,1-7,9H2,(H,27,28)(H,29,30)(H,18,22,23)(H2,24,25,26)/t12-,13-,14-,15+/m1/s1. The maximum absolute atomic E-state index is 12.5. The molecule has 7 N–H and O–H groups in total. The molecular formula is C17H29N2O15P3. The summed E-state index contributed by atoms with van der Waals surface area (Å²) in [5.41, 5.74) is -1.71. The molecule has 2 heterocycles. The van der Waals surface area contributed by atoms with E-state index in [0.717, 1.165) is 32.1 Å². The second kappa shape index (κ2) is 12.0. The van der Waals surface area contributed by atoms with Crippen LogP contribution in [0.3, 0.4) is 0 Å². The number of nitrogens with zero attached hydrogens (tertiary/aromatic N) is 1. The van der Waals surface area contributed by atoms with Gasteiger partial charge in [-0.2, -0.15) is 8.62 Å². The summed E-state index contributed by atoms with van der Waals surface area (Å²) >= 11 is 0. The van der Waals surface area contributed by atoms with Crippen LogP contribution in [-0.4, -0.2) is 64.3 Å². The van der Waals surface area contributed by atoms with Crippen LogP contribution in [0.4, 0.5) is 0 Å². The number of aliphatic hydroxyl groups excluding tert-OH is 2. The average Bonchev–Trinajstić information content (AvgIpc) is 2.99. The lowest BCUT2D eigenvalue weighted by molar-refractivity contribution is -0.0229. The van der Waals surface area contributed by atoms with E-state index in [1.165, 1.54) is 10.8 Å². The molecule has 1 aliphatic carbocycles. The van der Waals surface area contributed by atoms with E-state index in [2.05, 4.69) is 18.1 Å². The molecule has 17 nitrogen and oxygen atoms in total. The van der Waals surface area contributed by atoms with E-state index in [9.17, 15) is 43.3 Å². The highest BCUT2D eigenvalue weighted by Crippen LogP contribution is 2.66. The molecule has 6 atom stereocenters. The van der Waals surface area contributed by atoms with Crippen LogP contribution in [0.25, 0.3) is 0 Å². The van der Waals surface area contributed by atoms with E-state index in [1.54, 1.807) is 0 Å². The first-order valence-electron chi connectivity index (χ1n) is 11.2. The highest BCUT2D eigenvalue weighted by molar-refractivity contribution is 7.66. The van der Waals surface area contributed by atoms with E-state index in [-0.39, 0.29) is 11.6 Å². The first kappa shape index (κ1) is 30.5. The van der Waals surface area contributed by atoms with Crippen molar-refractivity contribution in [3.63, 3.8) is 0 Å². The molecule has 0 radical (unpaired) electrons. The molecule has 1 saturated carbocycles. The van der Waals surface area contributed by atoms with E-state index in [1.807, 2.05) is 0 Å². The van der Waals surface area contributed by atoms with Crippen LogP contribution < -0.4 is 11.2 Å². The fourth-order valence-electron chi connectivity index (χ4n) is 4.30. The molecule has 1 aromatic heterocycles. The first-order chi connectivity index (χ1) is 17.1. The molecule has 212 valence electrons. The maximum Gasteiger partial charge on any atom is 0.490 e. The molecule has 2 unspecified atom stereocenters. The predicted molar refractivity (Wildman–Crippen MR) is 122 cm³/mol. The predicted octanol–water partition coefficient (Wildman–Crippen LogP) is 0.327. The average molecular weight is 594 g/mol. The van der Waals surface area contributed by atoms with Crippen LogP contribution in [0.5, 0.6) is 0 Å². The Bertz CT molecular complexity index is 1200. The zero-order valence-electron chi connectivity index (χ0n) is 19.3. The Morgan fingerprint density at radius 1 is 0.919 bits per heavy atom. The van der Waals surface area contributed by atoms with Gasteiger partial charge in [-0.3, -0.25) is 18.9 Å². The number of nitrogens with one attached hydrogen (secondary N) is 1. The van der Waals surface area contributed by atoms with Crippen LogP contribution in [0.15, 0.2) is 15.8 Å². The summed E-state index contributed by atoms with van der Waals surface area (Å²) < 4.78 is 52.5. The number of phosphoric acid groups is 3. The molecule has 2 fully saturated rings. The number of hydrogen-bond donors (Lipinski definition) is 7. The van der Waals surface area contributed by atoms with Gasteiger partial charge in [-0.05, 0) is 12.8 Å². The Morgan fingerprint density at radius 2 is 1.51 bits per heavy atom. The fraction of sp³-hybridized carbons (Fsp3) is 0.765. The number of aromatic nitrogens is 2. The largest absolute Gasteiger partial charge is 0.490 e. The molecule has 20 heteroatoms. The number of aliphatic hydroxyl groups is 2. The number of rotatable bonds is 9. The molecule has 2 aliphatic rings. The normalized spacial score (nSPS) is 29.2. The molecule has 1 saturated heterocycles. The zero-order valence-corrected chi connectivity index (χ0v) is 22.0. The van der Waals surface area contributed by atoms with Crippen molar-refractivity contribution in [3.8, 4) is 0 Å². The van der Waals surface area contributed by atoms with E-state index >= 15 is 0 Å². The van der Waals surface area contributed by atoms with Crippen molar-refractivity contribution < 1.29 is 61.4 Å². The first-order valence-corrected chi connectivity index (χ1v) is 15.8. The zero-order chi connectivity index (χ0) is 27.6. The van der Waals surface area contributed by atoms with Crippen molar-refractivity contribution in [1.82, 2.24) is 9.55 Å². The Balaban J connectivity index is 1.74. The molecule has 0 amide bonds. The molecule has 3 rings (SSSR count). The number of H-pyrrole nitrogens is 1. The van der Waals surface area contributed by atoms with Gasteiger partial charge in [0.05, 0.1) is 12.2 Å². The SMILES string of the molecule is O=c1[nH]c(=O)n(C2CCCCCCC2)cc1[C@@H]1O[C@H](COP(=O)(O)OP(=O)(O)OP(=O)(O)O)[C@@H](O)[C@H]1O. The third kappa shape index (κ3) is 8.48. The lowest BCUT2D eigenvalue weighted by atomic mass is 9.96. The topological polar surface area (TPSA) is 264 Å². The lowest BCUT2D eigenvalue weighted by Gasteiger charge is -2.23. The van der Waals surface area contributed by atoms with Crippen molar-refractivity contribution in [2.75, 3.05) is 6.61 Å². The minimum atomic E-state index is -5.75. The third-order valence-corrected chi connectivity index (χ3v) is 9.75. The fourth-order valence-corrected chi connectivity index (χ4v) is 7.33. The third-order valence-electron chi connectivity index (χ3n) is 5.95. The van der Waals surface area contributed by atoms with Gasteiger partial charge in [0.1, 0.15) is 24.4 Å². The molecule has 0 aromatic carbocycles. The lowest BCUT2D eigenvalue weighted by Crippen LogP contribution is -2.37. The van der Waals surface area contributed by atoms with Crippen LogP contribution in [0.2, 0.25) is 0 Å². The van der Waals surface area contributed by atoms with Gasteiger partial charge in [-0.15, -0.1) is 0 Å². The summed E-state index contributed by atoms with van der Waals surface area (Å²) in [4.78, 5) is 63.1. The van der Waals surface area contributed by atoms with E-state index in [0.29, 0.717) is 12.8 Å². The monoisotopic (exact) mass is 594 g/mol. The molecule has 0 spiro atoms. The summed E-state index contributed by atoms with van der Waals surface area (Å²) in [5.74, 6) is 0. The van der Waals surface area contributed by atoms with Crippen molar-refractivity contribution in [1.29, 1.82) is 0 Å². The van der Waals surface area contributed by atoms with E-state index in [4.69, 9.17) is 14.5 Å². The van der Waals surface area contributed by atoms with Gasteiger partial charge in [0, 0.05) is 12.2 Å². The molecule has 0 bridgehead atoms. The molecule has 1 aromatic rings. The molecule has 37 heavy (non-hydrogen) atoms. The second-order valence-electron chi connectivity index (χ2n) is 8.71. The molecular weight excluding hydrogens is 565 g/mol. The number of hydrogen-bond acceptors (Lipinski definition) is 11. The van der Waals surface area contributed by atoms with Gasteiger partial charge in [0.15, 0.2) is 0 Å². The quantitative estimate of drug-likeness (QED) is 0.190. The van der Waals surface area contributed by atoms with Crippen LogP contribution in [-0.2, 0) is 31.6 Å². The van der Waals surface area contributed by atoms with Crippen molar-refractivity contribution in [2.24, 2.45) is 0 Å². The smallest absolute Gasteiger partial charge is 0.387 e. The van der Waals surface area contributed by atoms with E-state index < -0.39 is 65.7 Å². The summed E-state index contributed by atoms with van der Waals surface area (Å²) in [6, 6.07) is -0.201. The highest BCUT2D eigenvalue weighted by Gasteiger charge is 2.47. The Kier molecular flexibility index (Phi) is 9.90. The van der Waals surface area contributed by atoms with Gasteiger partial charge in [-0.25, -0.2) is 18.5 Å². The second-order valence-corrected chi connectivity index (χ2v) is 13.1. The maximum atomic E-state index is 12.5. The van der Waals surface area contributed by atoms with Crippen LogP contribution >= 0.6 is 23.5 Å². The Morgan fingerprint density at radius 3 is 2.11 bits per heavy atom. The van der Waals surface area contributed by atoms with Crippen molar-refractivity contribution >= 4 is 23.5 Å². The summed E-state index contributed by atoms with van der Waals surface area (Å²) in [7, 11) is -16.8. The number of phosphoric ester groups is 1. The van der Waals surface area contributed by atoms with Crippen molar-refractivity contribution in [2.45, 2.75) is 75.4 Å². The Hall–Kier alpha value is -1.03. The summed E-state index contributed by atoms with van der Waals surface area (Å²) in [5, 5.41) is 20.8. The minimum absolute atomic E-state index is 0.186. The minimum Gasteiger partial charge on any atom is -0.387 e. The van der Waals surface area contributed by atoms with Gasteiger partial charge in [0.2, 0.25) is 0 Å². The van der Waals surface area contributed by atoms with Gasteiger partial charge in [-0.1, -0.05) is 32.1 Å². The highest BCUT2D eigenvalue weighted by atomic mass is 31.3. The number of ether oxygens (including phenoxy) is 1. The Labute approximate surface area is 209 Å². The van der Waals surface area contributed by atoms with Gasteiger partial charge < -0.3 is 34.5 Å². The van der Waals surface area contributed by atoms with Crippen LogP contribution in [0.1, 0.15) is 62.7 Å². The summed E-state index contributed by atoms with van der Waals surface area (Å²) in [6.07, 6.45) is 0.974. The molecule has 1 aliphatic heterocycles. The summed E-state index contributed by atoms with van der Waals surface area (Å²) in [6.45, 7) is -1.03.